The van der Waals surface area contributed by atoms with Gasteiger partial charge in [0.25, 0.3) is 0 Å². The molecule has 128 valence electrons. The molecule has 2 aromatic carbocycles. The minimum Gasteiger partial charge on any atom is -0.454 e. The number of hydrogen-bond donors (Lipinski definition) is 0. The SMILES string of the molecule is Cc1ccc(SC(CCCCCBr)c2ccc3c(c2)OCO3)cc1. The van der Waals surface area contributed by atoms with Gasteiger partial charge in [0, 0.05) is 15.5 Å². The smallest absolute Gasteiger partial charge is 0.231 e. The van der Waals surface area contributed by atoms with E-state index in [1.807, 2.05) is 17.8 Å². The molecule has 4 heteroatoms. The van der Waals surface area contributed by atoms with Gasteiger partial charge in [-0.05, 0) is 49.6 Å². The minimum atomic E-state index is 0.333. The van der Waals surface area contributed by atoms with Crippen molar-refractivity contribution in [3.05, 3.63) is 53.6 Å². The summed E-state index contributed by atoms with van der Waals surface area (Å²) in [6, 6.07) is 15.2. The lowest BCUT2D eigenvalue weighted by atomic mass is 10.1. The molecule has 24 heavy (non-hydrogen) atoms. The molecule has 0 radical (unpaired) electrons. The Hall–Kier alpha value is -1.13. The summed E-state index contributed by atoms with van der Waals surface area (Å²) in [5.41, 5.74) is 2.62. The van der Waals surface area contributed by atoms with Crippen LogP contribution in [0.5, 0.6) is 11.5 Å². The molecule has 1 unspecified atom stereocenters. The van der Waals surface area contributed by atoms with E-state index in [1.54, 1.807) is 0 Å². The first-order chi connectivity index (χ1) is 11.8. The van der Waals surface area contributed by atoms with Crippen molar-refractivity contribution in [1.82, 2.24) is 0 Å². The lowest BCUT2D eigenvalue weighted by Gasteiger charge is -2.18. The first-order valence-electron chi connectivity index (χ1n) is 8.45. The van der Waals surface area contributed by atoms with Crippen molar-refractivity contribution in [2.75, 3.05) is 12.1 Å². The van der Waals surface area contributed by atoms with Crippen molar-refractivity contribution in [2.24, 2.45) is 0 Å². The maximum absolute atomic E-state index is 5.56. The number of rotatable bonds is 8. The maximum atomic E-state index is 5.56. The zero-order valence-corrected chi connectivity index (χ0v) is 16.4. The number of hydrogen-bond acceptors (Lipinski definition) is 3. The van der Waals surface area contributed by atoms with Gasteiger partial charge in [-0.3, -0.25) is 0 Å². The predicted molar refractivity (Wildman–Crippen MR) is 105 cm³/mol. The molecule has 1 heterocycles. The highest BCUT2D eigenvalue weighted by Gasteiger charge is 2.19. The summed E-state index contributed by atoms with van der Waals surface area (Å²) in [7, 11) is 0. The molecule has 0 spiro atoms. The Labute approximate surface area is 157 Å². The van der Waals surface area contributed by atoms with E-state index in [9.17, 15) is 0 Å². The summed E-state index contributed by atoms with van der Waals surface area (Å²) >= 11 is 5.47. The second-order valence-electron chi connectivity index (χ2n) is 6.07. The summed E-state index contributed by atoms with van der Waals surface area (Å²) in [6.45, 7) is 2.46. The minimum absolute atomic E-state index is 0.333. The van der Waals surface area contributed by atoms with Crippen LogP contribution in [0.4, 0.5) is 0 Å². The van der Waals surface area contributed by atoms with Gasteiger partial charge >= 0.3 is 0 Å². The van der Waals surface area contributed by atoms with E-state index in [-0.39, 0.29) is 0 Å². The van der Waals surface area contributed by atoms with Gasteiger partial charge in [-0.2, -0.15) is 0 Å². The van der Waals surface area contributed by atoms with E-state index < -0.39 is 0 Å². The van der Waals surface area contributed by atoms with E-state index in [4.69, 9.17) is 9.47 Å². The molecule has 0 aliphatic carbocycles. The quantitative estimate of drug-likeness (QED) is 0.282. The Morgan fingerprint density at radius 1 is 1.00 bits per heavy atom. The van der Waals surface area contributed by atoms with Gasteiger partial charge < -0.3 is 9.47 Å². The summed E-state index contributed by atoms with van der Waals surface area (Å²) in [5.74, 6) is 1.74. The molecule has 2 aromatic rings. The van der Waals surface area contributed by atoms with Gasteiger partial charge in [-0.25, -0.2) is 0 Å². The van der Waals surface area contributed by atoms with Gasteiger partial charge in [-0.1, -0.05) is 52.5 Å². The van der Waals surface area contributed by atoms with E-state index in [2.05, 4.69) is 59.3 Å². The molecular weight excluding hydrogens is 384 g/mol. The van der Waals surface area contributed by atoms with Crippen molar-refractivity contribution < 1.29 is 9.47 Å². The van der Waals surface area contributed by atoms with Gasteiger partial charge in [0.05, 0.1) is 0 Å². The van der Waals surface area contributed by atoms with Crippen LogP contribution in [-0.2, 0) is 0 Å². The lowest BCUT2D eigenvalue weighted by Crippen LogP contribution is -1.96. The molecule has 2 nitrogen and oxygen atoms in total. The van der Waals surface area contributed by atoms with Crippen molar-refractivity contribution >= 4 is 27.7 Å². The summed E-state index contributed by atoms with van der Waals surface area (Å²) in [6.07, 6.45) is 4.92. The summed E-state index contributed by atoms with van der Waals surface area (Å²) in [4.78, 5) is 1.32. The molecule has 0 amide bonds. The summed E-state index contributed by atoms with van der Waals surface area (Å²) < 4.78 is 11.0. The second kappa shape index (κ2) is 8.82. The third-order valence-corrected chi connectivity index (χ3v) is 6.07. The van der Waals surface area contributed by atoms with Crippen LogP contribution in [-0.4, -0.2) is 12.1 Å². The van der Waals surface area contributed by atoms with Gasteiger partial charge in [0.2, 0.25) is 6.79 Å². The fraction of sp³-hybridized carbons (Fsp3) is 0.400. The average molecular weight is 407 g/mol. The second-order valence-corrected chi connectivity index (χ2v) is 8.14. The highest BCUT2D eigenvalue weighted by atomic mass is 79.9. The van der Waals surface area contributed by atoms with Crippen molar-refractivity contribution in [3.63, 3.8) is 0 Å². The van der Waals surface area contributed by atoms with Gasteiger partial charge in [0.1, 0.15) is 0 Å². The number of halogens is 1. The van der Waals surface area contributed by atoms with Gasteiger partial charge in [0.15, 0.2) is 11.5 Å². The molecule has 1 atom stereocenters. The molecular formula is C20H23BrO2S. The zero-order valence-electron chi connectivity index (χ0n) is 14.0. The van der Waals surface area contributed by atoms with Crippen LogP contribution in [0.3, 0.4) is 0 Å². The topological polar surface area (TPSA) is 18.5 Å². The third-order valence-electron chi connectivity index (χ3n) is 4.17. The van der Waals surface area contributed by atoms with Crippen LogP contribution in [0, 0.1) is 6.92 Å². The number of benzene rings is 2. The molecule has 0 saturated carbocycles. The highest BCUT2D eigenvalue weighted by molar-refractivity contribution is 9.09. The Kier molecular flexibility index (Phi) is 6.50. The number of alkyl halides is 1. The first-order valence-corrected chi connectivity index (χ1v) is 10.5. The van der Waals surface area contributed by atoms with E-state index >= 15 is 0 Å². The van der Waals surface area contributed by atoms with Gasteiger partial charge in [-0.15, -0.1) is 11.8 Å². The molecule has 0 fully saturated rings. The van der Waals surface area contributed by atoms with Crippen LogP contribution in [0.15, 0.2) is 47.4 Å². The molecule has 3 rings (SSSR count). The Morgan fingerprint density at radius 3 is 2.58 bits per heavy atom. The third kappa shape index (κ3) is 4.70. The van der Waals surface area contributed by atoms with Crippen LogP contribution >= 0.6 is 27.7 Å². The summed E-state index contributed by atoms with van der Waals surface area (Å²) in [5, 5.41) is 1.53. The number of aryl methyl sites for hydroxylation is 1. The van der Waals surface area contributed by atoms with Crippen LogP contribution in [0.1, 0.15) is 42.1 Å². The molecule has 0 saturated heterocycles. The van der Waals surface area contributed by atoms with E-state index in [0.717, 1.165) is 16.8 Å². The van der Waals surface area contributed by atoms with Crippen molar-refractivity contribution in [1.29, 1.82) is 0 Å². The number of thioether (sulfide) groups is 1. The standard InChI is InChI=1S/C20H23BrO2S/c1-15-6-9-17(10-7-15)24-20(5-3-2-4-12-21)16-8-11-18-19(13-16)23-14-22-18/h6-11,13,20H,2-5,12,14H2,1H3. The maximum Gasteiger partial charge on any atom is 0.231 e. The normalized spacial score (nSPS) is 13.9. The zero-order chi connectivity index (χ0) is 16.8. The molecule has 0 aromatic heterocycles. The molecule has 0 N–H and O–H groups in total. The highest BCUT2D eigenvalue weighted by Crippen LogP contribution is 2.42. The van der Waals surface area contributed by atoms with Crippen LogP contribution in [0.2, 0.25) is 0 Å². The number of unbranched alkanes of at least 4 members (excludes halogenated alkanes) is 2. The lowest BCUT2D eigenvalue weighted by molar-refractivity contribution is 0.174. The monoisotopic (exact) mass is 406 g/mol. The fourth-order valence-corrected chi connectivity index (χ4v) is 4.37. The van der Waals surface area contributed by atoms with Crippen molar-refractivity contribution in [2.45, 2.75) is 42.8 Å². The van der Waals surface area contributed by atoms with Crippen LogP contribution < -0.4 is 9.47 Å². The number of ether oxygens (including phenoxy) is 2. The van der Waals surface area contributed by atoms with Crippen molar-refractivity contribution in [3.8, 4) is 11.5 Å². The van der Waals surface area contributed by atoms with E-state index in [1.165, 1.54) is 41.7 Å². The Bertz CT molecular complexity index is 657. The Balaban J connectivity index is 1.74. The number of fused-ring (bicyclic) bond motifs is 1. The largest absolute Gasteiger partial charge is 0.454 e. The molecule has 0 bridgehead atoms. The Morgan fingerprint density at radius 2 is 1.79 bits per heavy atom. The average Bonchev–Trinajstić information content (AvgIpc) is 3.07. The molecule has 1 aliphatic rings. The first kappa shape index (κ1) is 17.7. The van der Waals surface area contributed by atoms with E-state index in [0.29, 0.717) is 12.0 Å². The van der Waals surface area contributed by atoms with Crippen LogP contribution in [0.25, 0.3) is 0 Å². The fourth-order valence-electron chi connectivity index (χ4n) is 2.79. The predicted octanol–water partition coefficient (Wildman–Crippen LogP) is 6.51. The molecule has 1 aliphatic heterocycles.